The second-order valence-corrected chi connectivity index (χ2v) is 4.62. The summed E-state index contributed by atoms with van der Waals surface area (Å²) in [6, 6.07) is 3.21. The first-order valence-electron chi connectivity index (χ1n) is 7.42. The molecule has 0 saturated heterocycles. The molecule has 0 aromatic carbocycles. The summed E-state index contributed by atoms with van der Waals surface area (Å²) in [6.45, 7) is 1.28. The summed E-state index contributed by atoms with van der Waals surface area (Å²) in [4.78, 5) is 24.4. The Bertz CT molecular complexity index is 729. The van der Waals surface area contributed by atoms with Gasteiger partial charge in [-0.05, 0) is 13.8 Å². The number of aryl methyl sites for hydroxylation is 2. The molecule has 0 bridgehead atoms. The van der Waals surface area contributed by atoms with E-state index < -0.39 is 19.1 Å². The van der Waals surface area contributed by atoms with Crippen molar-refractivity contribution in [2.75, 3.05) is 5.32 Å². The van der Waals surface area contributed by atoms with Gasteiger partial charge in [-0.3, -0.25) is 4.79 Å². The normalized spacial score (nSPS) is 13.2. The number of aromatic nitrogens is 3. The number of pyridine rings is 1. The highest BCUT2D eigenvalue weighted by Gasteiger charge is 2.10. The van der Waals surface area contributed by atoms with Gasteiger partial charge in [0.1, 0.15) is 17.5 Å². The number of Topliss-reactive ketones (excluding diaryl/α,β-unsaturated/α-hetero) is 1. The number of anilines is 2. The monoisotopic (exact) mass is 293 g/mol. The van der Waals surface area contributed by atoms with Crippen LogP contribution in [0.5, 0.6) is 0 Å². The van der Waals surface area contributed by atoms with Crippen molar-refractivity contribution < 1.29 is 8.91 Å². The molecule has 2 heterocycles. The Balaban J connectivity index is 2.20. The van der Waals surface area contributed by atoms with E-state index in [0.717, 1.165) is 5.69 Å². The first-order valence-corrected chi connectivity index (χ1v) is 6.30. The van der Waals surface area contributed by atoms with Crippen LogP contribution in [0.15, 0.2) is 18.3 Å². The number of nitrogens with zero attached hydrogens (tertiary/aromatic N) is 3. The Morgan fingerprint density at radius 3 is 2.80 bits per heavy atom. The molecule has 2 aromatic rings. The van der Waals surface area contributed by atoms with Crippen LogP contribution in [-0.2, 0) is 0 Å². The molecule has 0 aliphatic heterocycles. The molecule has 2 aromatic heterocycles. The number of halogens is 1. The maximum Gasteiger partial charge on any atom is 0.165 e. The van der Waals surface area contributed by atoms with Crippen LogP contribution in [0.3, 0.4) is 0 Å². The maximum absolute atomic E-state index is 11.9. The lowest BCUT2D eigenvalue weighted by molar-refractivity contribution is 0.0988. The Morgan fingerprint density at radius 2 is 2.15 bits per heavy atom. The van der Waals surface area contributed by atoms with Crippen LogP contribution in [0.1, 0.15) is 39.3 Å². The zero-order chi connectivity index (χ0) is 17.2. The number of carbonyl (C=O) groups is 1. The quantitative estimate of drug-likeness (QED) is 0.874. The van der Waals surface area contributed by atoms with Gasteiger partial charge in [0.05, 0.1) is 10.6 Å². The number of rotatable bonds is 4. The number of hydrogen-bond acceptors (Lipinski definition) is 5. The van der Waals surface area contributed by atoms with Gasteiger partial charge < -0.3 is 5.32 Å². The molecular weight excluding hydrogens is 276 g/mol. The van der Waals surface area contributed by atoms with E-state index in [0.29, 0.717) is 17.5 Å². The van der Waals surface area contributed by atoms with Gasteiger partial charge >= 0.3 is 0 Å². The molecule has 0 saturated carbocycles. The molecule has 2 rings (SSSR count). The van der Waals surface area contributed by atoms with Crippen molar-refractivity contribution in [2.24, 2.45) is 0 Å². The Kier molecular flexibility index (Phi) is 3.20. The summed E-state index contributed by atoms with van der Waals surface area (Å²) in [5.41, 5.74) is 0.888. The predicted octanol–water partition coefficient (Wildman–Crippen LogP) is 3.48. The highest BCUT2D eigenvalue weighted by molar-refractivity contribution is 6.34. The third-order valence-electron chi connectivity index (χ3n) is 2.54. The molecule has 0 fully saturated rings. The van der Waals surface area contributed by atoms with Crippen molar-refractivity contribution in [3.63, 3.8) is 0 Å². The topological polar surface area (TPSA) is 67.8 Å². The summed E-state index contributed by atoms with van der Waals surface area (Å²) in [6.07, 6.45) is 0.686. The van der Waals surface area contributed by atoms with Gasteiger partial charge in [0.2, 0.25) is 0 Å². The Labute approximate surface area is 126 Å². The first kappa shape index (κ1) is 10.7. The van der Waals surface area contributed by atoms with E-state index >= 15 is 0 Å². The van der Waals surface area contributed by atoms with E-state index in [1.165, 1.54) is 12.3 Å². The minimum absolute atomic E-state index is 0.0865. The lowest BCUT2D eigenvalue weighted by Gasteiger charge is -2.08. The predicted molar refractivity (Wildman–Crippen MR) is 78.7 cm³/mol. The minimum Gasteiger partial charge on any atom is -0.325 e. The fourth-order valence-electron chi connectivity index (χ4n) is 1.71. The number of hydrogen-bond donors (Lipinski definition) is 1. The van der Waals surface area contributed by atoms with Crippen LogP contribution in [0, 0.1) is 13.8 Å². The van der Waals surface area contributed by atoms with Crippen LogP contribution < -0.4 is 5.32 Å². The van der Waals surface area contributed by atoms with E-state index in [-0.39, 0.29) is 10.6 Å². The van der Waals surface area contributed by atoms with Crippen LogP contribution >= 0.6 is 11.6 Å². The largest absolute Gasteiger partial charge is 0.325 e. The number of carbonyl (C=O) groups excluding carboxylic acids is 1. The molecule has 0 aliphatic rings. The molecule has 6 heteroatoms. The van der Waals surface area contributed by atoms with Gasteiger partial charge in [0.25, 0.3) is 0 Å². The summed E-state index contributed by atoms with van der Waals surface area (Å²) in [7, 11) is 0. The Morgan fingerprint density at radius 1 is 1.35 bits per heavy atom. The van der Waals surface area contributed by atoms with Crippen LogP contribution in [-0.4, -0.2) is 20.7 Å². The second-order valence-electron chi connectivity index (χ2n) is 4.22. The average Bonchev–Trinajstić information content (AvgIpc) is 2.34. The molecule has 0 radical (unpaired) electrons. The molecule has 0 unspecified atom stereocenters. The summed E-state index contributed by atoms with van der Waals surface area (Å²) < 4.78 is 21.4. The van der Waals surface area contributed by atoms with E-state index in [1.807, 2.05) is 6.92 Å². The summed E-state index contributed by atoms with van der Waals surface area (Å²) in [5.74, 6) is 1.00. The molecule has 5 nitrogen and oxygen atoms in total. The molecule has 1 N–H and O–H groups in total. The van der Waals surface area contributed by atoms with Crippen molar-refractivity contribution in [3.8, 4) is 0 Å². The molecular formula is C14H15ClN4O. The van der Waals surface area contributed by atoms with E-state index in [4.69, 9.17) is 15.7 Å². The zero-order valence-electron chi connectivity index (χ0n) is 14.1. The third-order valence-corrected chi connectivity index (χ3v) is 2.85. The zero-order valence-corrected chi connectivity index (χ0v) is 11.8. The van der Waals surface area contributed by atoms with E-state index in [9.17, 15) is 4.79 Å². The number of ketones is 1. The SMILES string of the molecule is [2H]C([2H])([2H])CC(=O)c1cnc(Nc2cc(C)nc(C)n2)cc1Cl. The second kappa shape index (κ2) is 5.96. The van der Waals surface area contributed by atoms with Crippen molar-refractivity contribution in [2.45, 2.75) is 27.1 Å². The van der Waals surface area contributed by atoms with Crippen molar-refractivity contribution in [3.05, 3.63) is 40.4 Å². The van der Waals surface area contributed by atoms with Gasteiger partial charge in [-0.2, -0.15) is 0 Å². The summed E-state index contributed by atoms with van der Waals surface area (Å²) in [5, 5.41) is 3.11. The standard InChI is InChI=1S/C14H15ClN4O/c1-4-12(20)10-7-16-13(6-11(10)15)19-14-5-8(2)17-9(3)18-14/h5-7H,4H2,1-3H3,(H,16,17,18,19)/i1D3. The van der Waals surface area contributed by atoms with Crippen LogP contribution in [0.25, 0.3) is 0 Å². The van der Waals surface area contributed by atoms with Crippen molar-refractivity contribution >= 4 is 29.0 Å². The molecule has 20 heavy (non-hydrogen) atoms. The highest BCUT2D eigenvalue weighted by Crippen LogP contribution is 2.22. The molecule has 0 atom stereocenters. The third kappa shape index (κ3) is 3.30. The van der Waals surface area contributed by atoms with Gasteiger partial charge in [-0.1, -0.05) is 18.5 Å². The molecule has 0 spiro atoms. The fourth-order valence-corrected chi connectivity index (χ4v) is 1.97. The van der Waals surface area contributed by atoms with E-state index in [2.05, 4.69) is 20.3 Å². The number of nitrogens with one attached hydrogen (secondary N) is 1. The van der Waals surface area contributed by atoms with Gasteiger partial charge in [-0.15, -0.1) is 0 Å². The lowest BCUT2D eigenvalue weighted by Crippen LogP contribution is -2.03. The van der Waals surface area contributed by atoms with Crippen LogP contribution in [0.2, 0.25) is 5.02 Å². The first-order chi connectivity index (χ1) is 10.6. The smallest absolute Gasteiger partial charge is 0.165 e. The Hall–Kier alpha value is -2.01. The fraction of sp³-hybridized carbons (Fsp3) is 0.286. The average molecular weight is 294 g/mol. The lowest BCUT2D eigenvalue weighted by atomic mass is 10.1. The maximum atomic E-state index is 11.9. The molecule has 104 valence electrons. The molecule has 0 aliphatic carbocycles. The molecule has 0 amide bonds. The minimum atomic E-state index is -2.34. The van der Waals surface area contributed by atoms with E-state index in [1.54, 1.807) is 13.0 Å². The highest BCUT2D eigenvalue weighted by atomic mass is 35.5. The summed E-state index contributed by atoms with van der Waals surface area (Å²) >= 11 is 6.06. The van der Waals surface area contributed by atoms with Gasteiger partial charge in [0, 0.05) is 34.6 Å². The van der Waals surface area contributed by atoms with Crippen LogP contribution in [0.4, 0.5) is 11.6 Å². The van der Waals surface area contributed by atoms with Gasteiger partial charge in [0.15, 0.2) is 5.78 Å². The van der Waals surface area contributed by atoms with Crippen molar-refractivity contribution in [1.82, 2.24) is 15.0 Å². The van der Waals surface area contributed by atoms with Gasteiger partial charge in [-0.25, -0.2) is 15.0 Å². The van der Waals surface area contributed by atoms with Crippen molar-refractivity contribution in [1.29, 1.82) is 0 Å².